The van der Waals surface area contributed by atoms with E-state index >= 15 is 0 Å². The minimum Gasteiger partial charge on any atom is -0.334 e. The van der Waals surface area contributed by atoms with Crippen LogP contribution in [0.5, 0.6) is 0 Å². The molecular formula is C43H33N5. The molecular weight excluding hydrogens is 587 g/mol. The number of hydrogen-bond acceptors (Lipinski definition) is 4. The van der Waals surface area contributed by atoms with E-state index in [1.54, 1.807) is 0 Å². The van der Waals surface area contributed by atoms with Gasteiger partial charge in [0.25, 0.3) is 0 Å². The van der Waals surface area contributed by atoms with Crippen molar-refractivity contribution in [3.63, 3.8) is 0 Å². The van der Waals surface area contributed by atoms with Crippen molar-refractivity contribution in [1.29, 1.82) is 0 Å². The van der Waals surface area contributed by atoms with Crippen LogP contribution in [0.25, 0.3) is 39.2 Å². The first-order valence-corrected chi connectivity index (χ1v) is 16.6. The monoisotopic (exact) mass is 619 g/mol. The Kier molecular flexibility index (Phi) is 7.01. The maximum Gasteiger partial charge on any atom is 0.137 e. The second kappa shape index (κ2) is 11.9. The van der Waals surface area contributed by atoms with Crippen LogP contribution in [-0.2, 0) is 0 Å². The minimum absolute atomic E-state index is 0.105. The largest absolute Gasteiger partial charge is 0.334 e. The van der Waals surface area contributed by atoms with Crippen LogP contribution in [0.2, 0.25) is 0 Å². The quantitative estimate of drug-likeness (QED) is 0.186. The molecule has 0 fully saturated rings. The lowest BCUT2D eigenvalue weighted by Gasteiger charge is -2.38. The molecule has 0 amide bonds. The van der Waals surface area contributed by atoms with Crippen molar-refractivity contribution in [2.24, 2.45) is 5.92 Å². The normalized spacial score (nSPS) is 19.5. The highest BCUT2D eigenvalue weighted by atomic mass is 15.2. The number of fused-ring (bicyclic) bond motifs is 3. The van der Waals surface area contributed by atoms with E-state index in [-0.39, 0.29) is 17.9 Å². The predicted octanol–water partition coefficient (Wildman–Crippen LogP) is 9.96. The van der Waals surface area contributed by atoms with Gasteiger partial charge in [0.1, 0.15) is 5.65 Å². The van der Waals surface area contributed by atoms with E-state index in [0.29, 0.717) is 0 Å². The van der Waals surface area contributed by atoms with Gasteiger partial charge in [0, 0.05) is 46.7 Å². The number of aromatic nitrogens is 4. The molecule has 0 aliphatic heterocycles. The molecule has 0 spiro atoms. The molecule has 3 heterocycles. The highest BCUT2D eigenvalue weighted by Crippen LogP contribution is 2.40. The number of rotatable bonds is 6. The van der Waals surface area contributed by atoms with Gasteiger partial charge in [-0.15, -0.1) is 0 Å². The molecule has 3 unspecified atom stereocenters. The molecule has 0 radical (unpaired) electrons. The van der Waals surface area contributed by atoms with E-state index in [4.69, 9.17) is 15.0 Å². The van der Waals surface area contributed by atoms with Gasteiger partial charge in [0.05, 0.1) is 34.2 Å². The van der Waals surface area contributed by atoms with Gasteiger partial charge in [0.15, 0.2) is 0 Å². The summed E-state index contributed by atoms with van der Waals surface area (Å²) >= 11 is 0. The predicted molar refractivity (Wildman–Crippen MR) is 196 cm³/mol. The summed E-state index contributed by atoms with van der Waals surface area (Å²) in [6.45, 7) is 0. The van der Waals surface area contributed by atoms with Crippen molar-refractivity contribution < 1.29 is 0 Å². The first kappa shape index (κ1) is 28.2. The minimum atomic E-state index is 0.105. The van der Waals surface area contributed by atoms with Gasteiger partial charge < -0.3 is 9.30 Å². The fourth-order valence-electron chi connectivity index (χ4n) is 7.11. The number of para-hydroxylation sites is 2. The Morgan fingerprint density at radius 3 is 2.17 bits per heavy atom. The van der Waals surface area contributed by atoms with Crippen molar-refractivity contribution in [2.75, 3.05) is 4.90 Å². The molecule has 230 valence electrons. The molecule has 3 aromatic heterocycles. The van der Waals surface area contributed by atoms with E-state index in [1.807, 2.05) is 42.6 Å². The second-order valence-corrected chi connectivity index (χ2v) is 12.5. The van der Waals surface area contributed by atoms with Gasteiger partial charge >= 0.3 is 0 Å². The Morgan fingerprint density at radius 1 is 0.646 bits per heavy atom. The fraction of sp³-hybridized carbons (Fsp3) is 0.0930. The van der Waals surface area contributed by atoms with E-state index in [0.717, 1.165) is 62.7 Å². The van der Waals surface area contributed by atoms with Gasteiger partial charge in [0.2, 0.25) is 0 Å². The van der Waals surface area contributed by atoms with Crippen LogP contribution in [0.3, 0.4) is 0 Å². The maximum absolute atomic E-state index is 5.17. The number of hydrogen-bond donors (Lipinski definition) is 0. The third-order valence-electron chi connectivity index (χ3n) is 9.52. The van der Waals surface area contributed by atoms with Gasteiger partial charge in [-0.05, 0) is 60.5 Å². The van der Waals surface area contributed by atoms with Crippen LogP contribution in [-0.4, -0.2) is 25.4 Å². The Morgan fingerprint density at radius 2 is 1.40 bits per heavy atom. The Labute approximate surface area is 280 Å². The lowest BCUT2D eigenvalue weighted by atomic mass is 9.83. The zero-order chi connectivity index (χ0) is 31.9. The Hall–Kier alpha value is -6.07. The first-order valence-electron chi connectivity index (χ1n) is 16.6. The average Bonchev–Trinajstić information content (AvgIpc) is 3.60. The summed E-state index contributed by atoms with van der Waals surface area (Å²) in [6.07, 6.45) is 29.3. The number of anilines is 2. The zero-order valence-electron chi connectivity index (χ0n) is 26.3. The van der Waals surface area contributed by atoms with Crippen molar-refractivity contribution in [2.45, 2.75) is 18.4 Å². The molecule has 3 aromatic carbocycles. The van der Waals surface area contributed by atoms with Gasteiger partial charge in [-0.2, -0.15) is 0 Å². The first-order chi connectivity index (χ1) is 23.8. The summed E-state index contributed by atoms with van der Waals surface area (Å²) in [7, 11) is 0. The number of imidazole rings is 1. The topological polar surface area (TPSA) is 46.3 Å². The average molecular weight is 620 g/mol. The molecule has 3 aliphatic carbocycles. The van der Waals surface area contributed by atoms with Crippen LogP contribution in [0.4, 0.5) is 11.4 Å². The molecule has 5 heteroatoms. The summed E-state index contributed by atoms with van der Waals surface area (Å²) in [5.41, 5.74) is 11.4. The van der Waals surface area contributed by atoms with E-state index in [9.17, 15) is 0 Å². The van der Waals surface area contributed by atoms with Crippen LogP contribution in [0.15, 0.2) is 176 Å². The maximum atomic E-state index is 5.17. The highest BCUT2D eigenvalue weighted by Gasteiger charge is 2.30. The molecule has 3 atom stereocenters. The van der Waals surface area contributed by atoms with E-state index in [1.165, 1.54) is 5.57 Å². The molecule has 5 nitrogen and oxygen atoms in total. The molecule has 6 aromatic rings. The molecule has 0 N–H and O–H groups in total. The summed E-state index contributed by atoms with van der Waals surface area (Å²) in [5.74, 6) is 0.426. The summed E-state index contributed by atoms with van der Waals surface area (Å²) < 4.78 is 2.06. The van der Waals surface area contributed by atoms with E-state index < -0.39 is 0 Å². The van der Waals surface area contributed by atoms with Crippen molar-refractivity contribution in [3.05, 3.63) is 181 Å². The van der Waals surface area contributed by atoms with Gasteiger partial charge in [-0.25, -0.2) is 15.0 Å². The van der Waals surface area contributed by atoms with Crippen LogP contribution in [0, 0.1) is 5.92 Å². The fourth-order valence-corrected chi connectivity index (χ4v) is 7.11. The van der Waals surface area contributed by atoms with Crippen molar-refractivity contribution in [1.82, 2.24) is 19.4 Å². The molecule has 48 heavy (non-hydrogen) atoms. The third-order valence-corrected chi connectivity index (χ3v) is 9.52. The lowest BCUT2D eigenvalue weighted by Crippen LogP contribution is -2.37. The zero-order valence-corrected chi connectivity index (χ0v) is 26.3. The lowest BCUT2D eigenvalue weighted by molar-refractivity contribution is 0.640. The molecule has 0 saturated carbocycles. The second-order valence-electron chi connectivity index (χ2n) is 12.5. The summed E-state index contributed by atoms with van der Waals surface area (Å²) in [5, 5.41) is 0. The number of pyridine rings is 1. The number of benzene rings is 3. The SMILES string of the molecule is C1=CCC(c2nc3ccccc3nc2-c2ccc(N(c3ccc(-c4cn5ccccc5n4)cc3)C3C=CC=C4C=CC=CC43)cc2)C=C1. The summed E-state index contributed by atoms with van der Waals surface area (Å²) in [4.78, 5) is 17.6. The number of allylic oxidation sites excluding steroid dienone is 9. The van der Waals surface area contributed by atoms with Gasteiger partial charge in [-0.3, -0.25) is 0 Å². The smallest absolute Gasteiger partial charge is 0.137 e. The number of nitrogens with zero attached hydrogens (tertiary/aromatic N) is 5. The molecule has 0 bridgehead atoms. The highest BCUT2D eigenvalue weighted by molar-refractivity contribution is 5.80. The van der Waals surface area contributed by atoms with Crippen LogP contribution < -0.4 is 4.90 Å². The standard InChI is InChI=1S/C43H33N5/c1-2-12-32(13-3-1)42-43(46-38-17-7-6-16-37(38)45-42)33-22-26-35(27-23-33)48(40-18-10-14-30-11-4-5-15-36(30)40)34-24-20-31(21-25-34)39-29-47-28-9-8-19-41(47)44-39/h1-12,14-29,32,36,40H,13H2. The Balaban J connectivity index is 1.12. The molecule has 0 saturated heterocycles. The molecule has 9 rings (SSSR count). The summed E-state index contributed by atoms with van der Waals surface area (Å²) in [6, 6.07) is 32.0. The van der Waals surface area contributed by atoms with Crippen molar-refractivity contribution >= 4 is 28.1 Å². The van der Waals surface area contributed by atoms with Gasteiger partial charge in [-0.1, -0.05) is 109 Å². The van der Waals surface area contributed by atoms with E-state index in [2.05, 4.69) is 137 Å². The van der Waals surface area contributed by atoms with Crippen LogP contribution >= 0.6 is 0 Å². The molecule has 3 aliphatic rings. The van der Waals surface area contributed by atoms with Crippen molar-refractivity contribution in [3.8, 4) is 22.5 Å². The third kappa shape index (κ3) is 5.10. The Bertz CT molecular complexity index is 2300. The van der Waals surface area contributed by atoms with Crippen LogP contribution in [0.1, 0.15) is 18.0 Å².